The molecule has 0 aliphatic rings. The number of likely N-dealkylation sites (N-methyl/N-ethyl adjacent to an activating group) is 1. The number of ether oxygens (including phenoxy) is 2. The molecule has 0 heterocycles. The maximum atomic E-state index is 12.8. The van der Waals surface area contributed by atoms with Gasteiger partial charge >= 0.3 is 13.8 Å². The highest BCUT2D eigenvalue weighted by Gasteiger charge is 2.26. The zero-order valence-electron chi connectivity index (χ0n) is 44.4. The average molecular weight is 961 g/mol. The summed E-state index contributed by atoms with van der Waals surface area (Å²) in [6.07, 6.45) is 66.7. The number of unbranched alkanes of at least 4 members (excludes halogenated alkanes) is 25. The van der Waals surface area contributed by atoms with Gasteiger partial charge in [0.25, 0.3) is 0 Å². The summed E-state index contributed by atoms with van der Waals surface area (Å²) in [5.41, 5.74) is 0. The lowest BCUT2D eigenvalue weighted by Gasteiger charge is -2.24. The molecular formula is C58H107NO7P+. The summed E-state index contributed by atoms with van der Waals surface area (Å²) in [7, 11) is 1.66. The Hall–Kier alpha value is -2.06. The van der Waals surface area contributed by atoms with Crippen molar-refractivity contribution in [2.24, 2.45) is 0 Å². The van der Waals surface area contributed by atoms with E-state index in [1.54, 1.807) is 0 Å². The second-order valence-corrected chi connectivity index (χ2v) is 21.0. The van der Waals surface area contributed by atoms with E-state index in [1.807, 2.05) is 21.1 Å². The van der Waals surface area contributed by atoms with Crippen molar-refractivity contribution >= 4 is 13.8 Å². The number of quaternary nitrogens is 1. The predicted octanol–water partition coefficient (Wildman–Crippen LogP) is 17.4. The van der Waals surface area contributed by atoms with Gasteiger partial charge in [-0.2, -0.15) is 0 Å². The van der Waals surface area contributed by atoms with Gasteiger partial charge in [0.1, 0.15) is 19.3 Å². The van der Waals surface area contributed by atoms with Gasteiger partial charge < -0.3 is 18.9 Å². The number of allylic oxidation sites excluding steroid dienone is 12. The van der Waals surface area contributed by atoms with E-state index in [-0.39, 0.29) is 25.8 Å². The molecule has 0 saturated carbocycles. The molecule has 8 nitrogen and oxygen atoms in total. The summed E-state index contributed by atoms with van der Waals surface area (Å²) in [6.45, 7) is 5.51. The Bertz CT molecular complexity index is 1300. The molecule has 0 aliphatic carbocycles. The number of phosphoric acid groups is 1. The summed E-state index contributed by atoms with van der Waals surface area (Å²) in [5, 5.41) is 0. The van der Waals surface area contributed by atoms with Gasteiger partial charge in [-0.15, -0.1) is 0 Å². The van der Waals surface area contributed by atoms with Crippen LogP contribution in [0, 0.1) is 0 Å². The number of hydrogen-bond donors (Lipinski definition) is 1. The number of hydrogen-bond acceptors (Lipinski definition) is 6. The van der Waals surface area contributed by atoms with Crippen LogP contribution in [-0.2, 0) is 27.9 Å². The number of carbonyl (C=O) groups excluding carboxylic acids is 1. The molecule has 67 heavy (non-hydrogen) atoms. The van der Waals surface area contributed by atoms with Gasteiger partial charge in [0.2, 0.25) is 0 Å². The van der Waals surface area contributed by atoms with Crippen LogP contribution < -0.4 is 0 Å². The summed E-state index contributed by atoms with van der Waals surface area (Å²) >= 11 is 0. The third-order valence-electron chi connectivity index (χ3n) is 11.8. The molecule has 2 atom stereocenters. The third kappa shape index (κ3) is 54.7. The molecule has 0 fully saturated rings. The second kappa shape index (κ2) is 50.3. The zero-order valence-corrected chi connectivity index (χ0v) is 45.3. The molecular weight excluding hydrogens is 854 g/mol. The van der Waals surface area contributed by atoms with Gasteiger partial charge in [-0.25, -0.2) is 4.57 Å². The van der Waals surface area contributed by atoms with Crippen LogP contribution in [-0.4, -0.2) is 75.6 Å². The fourth-order valence-electron chi connectivity index (χ4n) is 7.52. The molecule has 390 valence electrons. The molecule has 0 aromatic heterocycles. The molecule has 9 heteroatoms. The van der Waals surface area contributed by atoms with Crippen LogP contribution in [0.1, 0.15) is 232 Å². The topological polar surface area (TPSA) is 91.3 Å². The van der Waals surface area contributed by atoms with Crippen LogP contribution in [0.25, 0.3) is 0 Å². The monoisotopic (exact) mass is 961 g/mol. The summed E-state index contributed by atoms with van der Waals surface area (Å²) in [4.78, 5) is 23.1. The maximum absolute atomic E-state index is 12.8. The first kappa shape index (κ1) is 64.9. The maximum Gasteiger partial charge on any atom is 0.472 e. The average Bonchev–Trinajstić information content (AvgIpc) is 3.29. The molecule has 0 bridgehead atoms. The van der Waals surface area contributed by atoms with Crippen molar-refractivity contribution in [3.63, 3.8) is 0 Å². The lowest BCUT2D eigenvalue weighted by molar-refractivity contribution is -0.870. The van der Waals surface area contributed by atoms with Gasteiger partial charge in [0.15, 0.2) is 0 Å². The number of nitrogens with zero attached hydrogens (tertiary/aromatic N) is 1. The standard InChI is InChI=1S/C58H106NO7P/c1-6-8-10-12-14-16-18-20-22-24-26-28-29-30-31-32-33-35-37-39-41-43-45-47-49-51-58(60)66-57(56-65-67(61,62)64-54-52-59(3,4)5)55-63-53-50-48-46-44-42-40-38-36-34-27-25-23-21-19-17-15-13-11-9-7-2/h8,10,14,16,20-23,26,28,30-31,57H,6-7,9,11-13,15,17-19,24-25,27,29,32-56H2,1-5H3/p+1/b10-8-,16-14-,22-20-,23-21-,28-26-,31-30-. The molecule has 0 rings (SSSR count). The first-order valence-corrected chi connectivity index (χ1v) is 29.2. The minimum atomic E-state index is -4.29. The van der Waals surface area contributed by atoms with Crippen molar-refractivity contribution in [1.82, 2.24) is 0 Å². The highest BCUT2D eigenvalue weighted by atomic mass is 31.2. The lowest BCUT2D eigenvalue weighted by atomic mass is 10.1. The highest BCUT2D eigenvalue weighted by molar-refractivity contribution is 7.47. The molecule has 1 N–H and O–H groups in total. The summed E-state index contributed by atoms with van der Waals surface area (Å²) < 4.78 is 35.2. The van der Waals surface area contributed by atoms with E-state index in [2.05, 4.69) is 86.8 Å². The molecule has 0 saturated heterocycles. The largest absolute Gasteiger partial charge is 0.472 e. The Labute approximate surface area is 414 Å². The van der Waals surface area contributed by atoms with E-state index in [0.717, 1.165) is 70.6 Å². The Morgan fingerprint density at radius 1 is 0.478 bits per heavy atom. The summed E-state index contributed by atoms with van der Waals surface area (Å²) in [6, 6.07) is 0. The van der Waals surface area contributed by atoms with Crippen molar-refractivity contribution in [3.8, 4) is 0 Å². The van der Waals surface area contributed by atoms with Crippen LogP contribution >= 0.6 is 7.82 Å². The first-order valence-electron chi connectivity index (χ1n) is 27.7. The summed E-state index contributed by atoms with van der Waals surface area (Å²) in [5.74, 6) is -0.320. The first-order chi connectivity index (χ1) is 32.6. The molecule has 2 unspecified atom stereocenters. The molecule has 0 spiro atoms. The second-order valence-electron chi connectivity index (χ2n) is 19.6. The minimum absolute atomic E-state index is 0.0846. The molecule has 0 aromatic carbocycles. The van der Waals surface area contributed by atoms with E-state index in [0.29, 0.717) is 24.1 Å². The fourth-order valence-corrected chi connectivity index (χ4v) is 8.26. The minimum Gasteiger partial charge on any atom is -0.457 e. The van der Waals surface area contributed by atoms with E-state index in [4.69, 9.17) is 18.5 Å². The smallest absolute Gasteiger partial charge is 0.457 e. The molecule has 0 aromatic rings. The highest BCUT2D eigenvalue weighted by Crippen LogP contribution is 2.43. The van der Waals surface area contributed by atoms with Gasteiger partial charge in [0, 0.05) is 13.0 Å². The molecule has 0 aliphatic heterocycles. The van der Waals surface area contributed by atoms with Crippen molar-refractivity contribution in [3.05, 3.63) is 72.9 Å². The van der Waals surface area contributed by atoms with Gasteiger partial charge in [-0.05, 0) is 83.5 Å². The van der Waals surface area contributed by atoms with E-state index < -0.39 is 13.9 Å². The van der Waals surface area contributed by atoms with E-state index in [1.165, 1.54) is 141 Å². The molecule has 0 amide bonds. The zero-order chi connectivity index (χ0) is 49.0. The van der Waals surface area contributed by atoms with Crippen LogP contribution in [0.15, 0.2) is 72.9 Å². The van der Waals surface area contributed by atoms with Crippen molar-refractivity contribution in [1.29, 1.82) is 0 Å². The SMILES string of the molecule is CC/C=C\C/C=C\C/C=C\C/C=C\C/C=C\CCCCCCCCCCCC(=O)OC(COCCCCCCCCCCCC/C=C\CCCCCCCC)COP(=O)(O)OCC[N+](C)(C)C. The number of carbonyl (C=O) groups is 1. The van der Waals surface area contributed by atoms with Gasteiger partial charge in [-0.3, -0.25) is 13.8 Å². The van der Waals surface area contributed by atoms with E-state index >= 15 is 0 Å². The number of phosphoric ester groups is 1. The Morgan fingerprint density at radius 2 is 0.866 bits per heavy atom. The van der Waals surface area contributed by atoms with Crippen LogP contribution in [0.5, 0.6) is 0 Å². The van der Waals surface area contributed by atoms with Gasteiger partial charge in [-0.1, -0.05) is 215 Å². The fraction of sp³-hybridized carbons (Fsp3) is 0.776. The normalized spacial score (nSPS) is 14.1. The van der Waals surface area contributed by atoms with E-state index in [9.17, 15) is 14.3 Å². The van der Waals surface area contributed by atoms with Crippen LogP contribution in [0.2, 0.25) is 0 Å². The Balaban J connectivity index is 4.12. The van der Waals surface area contributed by atoms with Gasteiger partial charge in [0.05, 0.1) is 34.4 Å². The molecule has 0 radical (unpaired) electrons. The quantitative estimate of drug-likeness (QED) is 0.0213. The van der Waals surface area contributed by atoms with Crippen molar-refractivity contribution in [2.45, 2.75) is 238 Å². The predicted molar refractivity (Wildman–Crippen MR) is 288 cm³/mol. The van der Waals surface area contributed by atoms with Crippen LogP contribution in [0.4, 0.5) is 0 Å². The number of rotatable bonds is 51. The van der Waals surface area contributed by atoms with Crippen molar-refractivity contribution in [2.75, 3.05) is 54.1 Å². The van der Waals surface area contributed by atoms with Crippen LogP contribution in [0.3, 0.4) is 0 Å². The third-order valence-corrected chi connectivity index (χ3v) is 12.7. The lowest BCUT2D eigenvalue weighted by Crippen LogP contribution is -2.37. The van der Waals surface area contributed by atoms with Crippen molar-refractivity contribution < 1.29 is 37.3 Å². The Kier molecular flexibility index (Phi) is 48.8. The Morgan fingerprint density at radius 3 is 1.31 bits per heavy atom. The number of esters is 1.